The Hall–Kier alpha value is -2.91. The lowest BCUT2D eigenvalue weighted by Gasteiger charge is -2.11. The molecule has 2 aromatic rings. The molecule has 2 aromatic carbocycles. The Morgan fingerprint density at radius 2 is 1.62 bits per heavy atom. The summed E-state index contributed by atoms with van der Waals surface area (Å²) in [4.78, 5) is 47.5. The maximum absolute atomic E-state index is 12.0. The average molecular weight is 526 g/mol. The molecule has 2 amide bonds. The lowest BCUT2D eigenvalue weighted by Crippen LogP contribution is -2.22. The minimum Gasteiger partial charge on any atom is -0.462 e. The van der Waals surface area contributed by atoms with Crippen molar-refractivity contribution in [2.75, 3.05) is 23.8 Å². The molecule has 0 aliphatic rings. The molecule has 0 unspecified atom stereocenters. The molecule has 0 heterocycles. The van der Waals surface area contributed by atoms with Gasteiger partial charge in [0.05, 0.1) is 23.6 Å². The standard InChI is InChI=1S/C22H22BrClN2O6/c1-3-31-22(30)14-4-6-15(7-5-14)25-18(27)10-11-20(29)32-12-19(28)26-17-9-8-16(23)21(24)13(17)2/h4-9H,3,10-12H2,1-2H3,(H,25,27)(H,26,28). The lowest BCUT2D eigenvalue weighted by molar-refractivity contribution is -0.147. The number of rotatable bonds is 9. The molecule has 0 spiro atoms. The number of halogens is 2. The molecule has 32 heavy (non-hydrogen) atoms. The number of ether oxygens (including phenoxy) is 2. The van der Waals surface area contributed by atoms with Gasteiger partial charge in [0.25, 0.3) is 5.91 Å². The third-order valence-corrected chi connectivity index (χ3v) is 5.59. The van der Waals surface area contributed by atoms with Crippen LogP contribution in [-0.4, -0.2) is 37.0 Å². The van der Waals surface area contributed by atoms with Gasteiger partial charge in [0.1, 0.15) is 0 Å². The quantitative estimate of drug-likeness (QED) is 0.467. The van der Waals surface area contributed by atoms with Crippen molar-refractivity contribution < 1.29 is 28.7 Å². The van der Waals surface area contributed by atoms with E-state index in [-0.39, 0.29) is 19.4 Å². The number of carbonyl (C=O) groups excluding carboxylic acids is 4. The molecule has 0 saturated carbocycles. The number of carbonyl (C=O) groups is 4. The summed E-state index contributed by atoms with van der Waals surface area (Å²) in [5, 5.41) is 5.71. The summed E-state index contributed by atoms with van der Waals surface area (Å²) >= 11 is 9.41. The normalized spacial score (nSPS) is 10.2. The summed E-state index contributed by atoms with van der Waals surface area (Å²) in [7, 11) is 0. The highest BCUT2D eigenvalue weighted by atomic mass is 79.9. The predicted molar refractivity (Wildman–Crippen MR) is 124 cm³/mol. The molecular weight excluding hydrogens is 504 g/mol. The van der Waals surface area contributed by atoms with Gasteiger partial charge in [0, 0.05) is 22.3 Å². The van der Waals surface area contributed by atoms with Crippen LogP contribution in [0, 0.1) is 6.92 Å². The summed E-state index contributed by atoms with van der Waals surface area (Å²) in [6, 6.07) is 9.54. The molecule has 170 valence electrons. The minimum atomic E-state index is -0.682. The largest absolute Gasteiger partial charge is 0.462 e. The van der Waals surface area contributed by atoms with Gasteiger partial charge in [-0.15, -0.1) is 0 Å². The number of hydrogen-bond acceptors (Lipinski definition) is 6. The van der Waals surface area contributed by atoms with Gasteiger partial charge in [-0.3, -0.25) is 14.4 Å². The lowest BCUT2D eigenvalue weighted by atomic mass is 10.2. The summed E-state index contributed by atoms with van der Waals surface area (Å²) in [5.41, 5.74) is 2.02. The molecule has 0 aliphatic carbocycles. The first-order valence-corrected chi connectivity index (χ1v) is 10.9. The van der Waals surface area contributed by atoms with Crippen LogP contribution in [0.25, 0.3) is 0 Å². The summed E-state index contributed by atoms with van der Waals surface area (Å²) in [6.07, 6.45) is -0.315. The van der Waals surface area contributed by atoms with Gasteiger partial charge in [-0.25, -0.2) is 4.79 Å². The zero-order valence-corrected chi connectivity index (χ0v) is 19.8. The molecule has 0 bridgehead atoms. The zero-order valence-electron chi connectivity index (χ0n) is 17.5. The Bertz CT molecular complexity index is 1010. The van der Waals surface area contributed by atoms with Crippen LogP contribution >= 0.6 is 27.5 Å². The average Bonchev–Trinajstić information content (AvgIpc) is 2.77. The second-order valence-electron chi connectivity index (χ2n) is 6.59. The van der Waals surface area contributed by atoms with E-state index in [0.29, 0.717) is 32.0 Å². The van der Waals surface area contributed by atoms with E-state index in [2.05, 4.69) is 26.6 Å². The van der Waals surface area contributed by atoms with Crippen molar-refractivity contribution >= 4 is 62.7 Å². The Labute approximate surface area is 198 Å². The van der Waals surface area contributed by atoms with Crippen LogP contribution in [0.2, 0.25) is 5.02 Å². The third kappa shape index (κ3) is 7.65. The van der Waals surface area contributed by atoms with Crippen LogP contribution in [0.4, 0.5) is 11.4 Å². The van der Waals surface area contributed by atoms with Gasteiger partial charge in [0.15, 0.2) is 6.61 Å². The van der Waals surface area contributed by atoms with Crippen molar-refractivity contribution in [1.29, 1.82) is 0 Å². The molecule has 0 radical (unpaired) electrons. The second kappa shape index (κ2) is 12.2. The highest BCUT2D eigenvalue weighted by Crippen LogP contribution is 2.30. The van der Waals surface area contributed by atoms with Gasteiger partial charge >= 0.3 is 11.9 Å². The van der Waals surface area contributed by atoms with E-state index in [1.54, 1.807) is 38.1 Å². The van der Waals surface area contributed by atoms with E-state index in [0.717, 1.165) is 0 Å². The molecule has 0 saturated heterocycles. The topological polar surface area (TPSA) is 111 Å². The van der Waals surface area contributed by atoms with Crippen LogP contribution in [0.3, 0.4) is 0 Å². The fourth-order valence-corrected chi connectivity index (χ4v) is 3.13. The number of nitrogens with one attached hydrogen (secondary N) is 2. The van der Waals surface area contributed by atoms with E-state index in [1.807, 2.05) is 0 Å². The van der Waals surface area contributed by atoms with Crippen LogP contribution in [0.15, 0.2) is 40.9 Å². The van der Waals surface area contributed by atoms with Crippen LogP contribution < -0.4 is 10.6 Å². The van der Waals surface area contributed by atoms with Crippen molar-refractivity contribution in [3.63, 3.8) is 0 Å². The summed E-state index contributed by atoms with van der Waals surface area (Å²) in [6.45, 7) is 3.25. The van der Waals surface area contributed by atoms with Gasteiger partial charge in [-0.2, -0.15) is 0 Å². The number of benzene rings is 2. The fourth-order valence-electron chi connectivity index (χ4n) is 2.54. The molecule has 0 aliphatic heterocycles. The van der Waals surface area contributed by atoms with Crippen molar-refractivity contribution in [3.05, 3.63) is 57.0 Å². The number of hydrogen-bond donors (Lipinski definition) is 2. The van der Waals surface area contributed by atoms with Crippen LogP contribution in [0.5, 0.6) is 0 Å². The van der Waals surface area contributed by atoms with Gasteiger partial charge in [0.2, 0.25) is 5.91 Å². The maximum Gasteiger partial charge on any atom is 0.338 e. The molecule has 8 nitrogen and oxygen atoms in total. The number of anilines is 2. The van der Waals surface area contributed by atoms with Crippen molar-refractivity contribution in [2.45, 2.75) is 26.7 Å². The monoisotopic (exact) mass is 524 g/mol. The molecule has 2 rings (SSSR count). The van der Waals surface area contributed by atoms with Crippen molar-refractivity contribution in [1.82, 2.24) is 0 Å². The molecule has 0 atom stereocenters. The van der Waals surface area contributed by atoms with Gasteiger partial charge < -0.3 is 20.1 Å². The first-order chi connectivity index (χ1) is 15.2. The number of esters is 2. The second-order valence-corrected chi connectivity index (χ2v) is 7.82. The van der Waals surface area contributed by atoms with Crippen molar-refractivity contribution in [2.24, 2.45) is 0 Å². The minimum absolute atomic E-state index is 0.124. The SMILES string of the molecule is CCOC(=O)c1ccc(NC(=O)CCC(=O)OCC(=O)Nc2ccc(Br)c(Cl)c2C)cc1. The Morgan fingerprint density at radius 1 is 0.938 bits per heavy atom. The summed E-state index contributed by atoms with van der Waals surface area (Å²) < 4.78 is 10.5. The van der Waals surface area contributed by atoms with E-state index < -0.39 is 30.4 Å². The zero-order chi connectivity index (χ0) is 23.7. The smallest absolute Gasteiger partial charge is 0.338 e. The summed E-state index contributed by atoms with van der Waals surface area (Å²) in [5.74, 6) is -2.06. The van der Waals surface area contributed by atoms with Crippen LogP contribution in [0.1, 0.15) is 35.7 Å². The van der Waals surface area contributed by atoms with Crippen LogP contribution in [-0.2, 0) is 23.9 Å². The van der Waals surface area contributed by atoms with E-state index in [9.17, 15) is 19.2 Å². The Balaban J connectivity index is 1.73. The van der Waals surface area contributed by atoms with E-state index in [4.69, 9.17) is 21.1 Å². The first kappa shape index (κ1) is 25.4. The van der Waals surface area contributed by atoms with Gasteiger partial charge in [-0.1, -0.05) is 11.6 Å². The van der Waals surface area contributed by atoms with Crippen molar-refractivity contribution in [3.8, 4) is 0 Å². The molecule has 0 fully saturated rings. The predicted octanol–water partition coefficient (Wildman–Crippen LogP) is 4.49. The van der Waals surface area contributed by atoms with E-state index in [1.165, 1.54) is 12.1 Å². The Morgan fingerprint density at radius 3 is 2.28 bits per heavy atom. The first-order valence-electron chi connectivity index (χ1n) is 9.68. The number of amides is 2. The maximum atomic E-state index is 12.0. The molecule has 2 N–H and O–H groups in total. The van der Waals surface area contributed by atoms with E-state index >= 15 is 0 Å². The highest BCUT2D eigenvalue weighted by molar-refractivity contribution is 9.10. The Kier molecular flexibility index (Phi) is 9.67. The molecule has 10 heteroatoms. The highest BCUT2D eigenvalue weighted by Gasteiger charge is 2.13. The van der Waals surface area contributed by atoms with Gasteiger partial charge in [-0.05, 0) is 71.7 Å². The molecule has 0 aromatic heterocycles. The molecular formula is C22H22BrClN2O6. The third-order valence-electron chi connectivity index (χ3n) is 4.21. The fraction of sp³-hybridized carbons (Fsp3) is 0.273.